The third-order valence-electron chi connectivity index (χ3n) is 2.41. The zero-order chi connectivity index (χ0) is 13.9. The maximum atomic E-state index is 13.9. The lowest BCUT2D eigenvalue weighted by Gasteiger charge is -2.09. The molecule has 6 heteroatoms. The van der Waals surface area contributed by atoms with Gasteiger partial charge in [-0.15, -0.1) is 0 Å². The van der Waals surface area contributed by atoms with Crippen molar-refractivity contribution in [3.8, 4) is 5.88 Å². The van der Waals surface area contributed by atoms with Gasteiger partial charge in [0.2, 0.25) is 0 Å². The highest BCUT2D eigenvalue weighted by molar-refractivity contribution is 5.23. The first-order valence-electron chi connectivity index (χ1n) is 6.27. The van der Waals surface area contributed by atoms with Gasteiger partial charge in [-0.2, -0.15) is 0 Å². The van der Waals surface area contributed by atoms with Crippen LogP contribution in [0.25, 0.3) is 0 Å². The average molecular weight is 272 g/mol. The summed E-state index contributed by atoms with van der Waals surface area (Å²) in [6.07, 6.45) is 2.37. The molecule has 0 radical (unpaired) electrons. The Labute approximate surface area is 113 Å². The Morgan fingerprint density at radius 3 is 2.84 bits per heavy atom. The van der Waals surface area contributed by atoms with E-state index in [0.29, 0.717) is 31.9 Å². The Hall–Kier alpha value is -1.24. The van der Waals surface area contributed by atoms with E-state index in [-0.39, 0.29) is 12.5 Å². The van der Waals surface area contributed by atoms with Crippen molar-refractivity contribution >= 4 is 0 Å². The van der Waals surface area contributed by atoms with Crippen molar-refractivity contribution in [3.63, 3.8) is 0 Å². The SMILES string of the molecule is CNCc1ccnc(OCCOCCCOC)c1F. The molecule has 0 atom stereocenters. The lowest BCUT2D eigenvalue weighted by atomic mass is 10.2. The summed E-state index contributed by atoms with van der Waals surface area (Å²) in [6, 6.07) is 1.62. The number of halogens is 1. The lowest BCUT2D eigenvalue weighted by Crippen LogP contribution is -2.12. The van der Waals surface area contributed by atoms with Gasteiger partial charge in [-0.05, 0) is 19.5 Å². The number of ether oxygens (including phenoxy) is 3. The number of pyridine rings is 1. The van der Waals surface area contributed by atoms with Crippen molar-refractivity contribution in [2.45, 2.75) is 13.0 Å². The first-order chi connectivity index (χ1) is 9.29. The quantitative estimate of drug-likeness (QED) is 0.652. The van der Waals surface area contributed by atoms with E-state index in [1.165, 1.54) is 6.20 Å². The molecule has 1 aromatic rings. The summed E-state index contributed by atoms with van der Waals surface area (Å²) in [5.41, 5.74) is 0.536. The maximum absolute atomic E-state index is 13.9. The van der Waals surface area contributed by atoms with Crippen LogP contribution in [-0.4, -0.2) is 45.6 Å². The van der Waals surface area contributed by atoms with E-state index < -0.39 is 5.82 Å². The highest BCUT2D eigenvalue weighted by atomic mass is 19.1. The molecule has 0 aliphatic carbocycles. The minimum Gasteiger partial charge on any atom is -0.473 e. The molecule has 0 fully saturated rings. The van der Waals surface area contributed by atoms with Gasteiger partial charge in [-0.25, -0.2) is 9.37 Å². The van der Waals surface area contributed by atoms with E-state index in [9.17, 15) is 4.39 Å². The van der Waals surface area contributed by atoms with Crippen molar-refractivity contribution in [2.24, 2.45) is 0 Å². The minimum absolute atomic E-state index is 0.0215. The van der Waals surface area contributed by atoms with Crippen LogP contribution in [0, 0.1) is 5.82 Å². The molecule has 0 saturated carbocycles. The Morgan fingerprint density at radius 1 is 1.26 bits per heavy atom. The van der Waals surface area contributed by atoms with E-state index in [1.807, 2.05) is 0 Å². The summed E-state index contributed by atoms with van der Waals surface area (Å²) >= 11 is 0. The molecular formula is C13H21FN2O3. The van der Waals surface area contributed by atoms with Gasteiger partial charge < -0.3 is 19.5 Å². The number of hydrogen-bond acceptors (Lipinski definition) is 5. The third kappa shape index (κ3) is 5.96. The van der Waals surface area contributed by atoms with Crippen molar-refractivity contribution in [1.29, 1.82) is 0 Å². The largest absolute Gasteiger partial charge is 0.473 e. The number of rotatable bonds is 10. The molecule has 108 valence electrons. The molecule has 0 aliphatic rings. The second kappa shape index (κ2) is 9.66. The van der Waals surface area contributed by atoms with E-state index >= 15 is 0 Å². The Balaban J connectivity index is 2.27. The molecule has 0 amide bonds. The molecule has 1 aromatic heterocycles. The summed E-state index contributed by atoms with van der Waals surface area (Å²) < 4.78 is 29.3. The van der Waals surface area contributed by atoms with Gasteiger partial charge in [0.1, 0.15) is 6.61 Å². The zero-order valence-corrected chi connectivity index (χ0v) is 11.4. The molecule has 5 nitrogen and oxygen atoms in total. The van der Waals surface area contributed by atoms with Crippen molar-refractivity contribution < 1.29 is 18.6 Å². The van der Waals surface area contributed by atoms with E-state index in [1.54, 1.807) is 20.2 Å². The number of methoxy groups -OCH3 is 1. The number of hydrogen-bond donors (Lipinski definition) is 1. The van der Waals surface area contributed by atoms with Gasteiger partial charge in [-0.3, -0.25) is 0 Å². The fourth-order valence-corrected chi connectivity index (χ4v) is 1.49. The van der Waals surface area contributed by atoms with Crippen LogP contribution in [0.15, 0.2) is 12.3 Å². The van der Waals surface area contributed by atoms with Crippen LogP contribution in [0.3, 0.4) is 0 Å². The van der Waals surface area contributed by atoms with Gasteiger partial charge in [0.15, 0.2) is 5.82 Å². The van der Waals surface area contributed by atoms with Crippen LogP contribution in [0.2, 0.25) is 0 Å². The van der Waals surface area contributed by atoms with Gasteiger partial charge in [0.05, 0.1) is 6.61 Å². The van der Waals surface area contributed by atoms with Crippen molar-refractivity contribution in [1.82, 2.24) is 10.3 Å². The summed E-state index contributed by atoms with van der Waals surface area (Å²) in [5, 5.41) is 2.89. The lowest BCUT2D eigenvalue weighted by molar-refractivity contribution is 0.0784. The fraction of sp³-hybridized carbons (Fsp3) is 0.615. The normalized spacial score (nSPS) is 10.7. The van der Waals surface area contributed by atoms with Gasteiger partial charge >= 0.3 is 0 Å². The highest BCUT2D eigenvalue weighted by Gasteiger charge is 2.09. The van der Waals surface area contributed by atoms with Gasteiger partial charge in [0.25, 0.3) is 5.88 Å². The zero-order valence-electron chi connectivity index (χ0n) is 11.4. The van der Waals surface area contributed by atoms with E-state index in [4.69, 9.17) is 14.2 Å². The van der Waals surface area contributed by atoms with Gasteiger partial charge in [-0.1, -0.05) is 0 Å². The number of nitrogens with one attached hydrogen (secondary N) is 1. The maximum Gasteiger partial charge on any atom is 0.250 e. The predicted molar refractivity (Wildman–Crippen MR) is 69.8 cm³/mol. The fourth-order valence-electron chi connectivity index (χ4n) is 1.49. The average Bonchev–Trinajstić information content (AvgIpc) is 2.42. The molecule has 0 spiro atoms. The minimum atomic E-state index is -0.420. The second-order valence-electron chi connectivity index (χ2n) is 3.93. The summed E-state index contributed by atoms with van der Waals surface area (Å²) in [5.74, 6) is -0.399. The monoisotopic (exact) mass is 272 g/mol. The first-order valence-corrected chi connectivity index (χ1v) is 6.27. The highest BCUT2D eigenvalue weighted by Crippen LogP contribution is 2.16. The third-order valence-corrected chi connectivity index (χ3v) is 2.41. The Kier molecular flexibility index (Phi) is 8.04. The first kappa shape index (κ1) is 15.8. The van der Waals surface area contributed by atoms with Crippen LogP contribution in [0.4, 0.5) is 4.39 Å². The summed E-state index contributed by atoms with van der Waals surface area (Å²) in [6.45, 7) is 2.40. The molecular weight excluding hydrogens is 251 g/mol. The molecule has 0 bridgehead atoms. The van der Waals surface area contributed by atoms with Crippen LogP contribution in [0.5, 0.6) is 5.88 Å². The van der Waals surface area contributed by atoms with Crippen molar-refractivity contribution in [3.05, 3.63) is 23.6 Å². The molecule has 0 aliphatic heterocycles. The molecule has 0 saturated heterocycles. The number of aromatic nitrogens is 1. The predicted octanol–water partition coefficient (Wildman–Crippen LogP) is 1.37. The van der Waals surface area contributed by atoms with Crippen LogP contribution >= 0.6 is 0 Å². The van der Waals surface area contributed by atoms with Crippen LogP contribution in [-0.2, 0) is 16.0 Å². The molecule has 19 heavy (non-hydrogen) atoms. The molecule has 1 heterocycles. The van der Waals surface area contributed by atoms with Crippen LogP contribution < -0.4 is 10.1 Å². The second-order valence-corrected chi connectivity index (χ2v) is 3.93. The molecule has 1 N–H and O–H groups in total. The smallest absolute Gasteiger partial charge is 0.250 e. The summed E-state index contributed by atoms with van der Waals surface area (Å²) in [4.78, 5) is 3.87. The van der Waals surface area contributed by atoms with Crippen LogP contribution in [0.1, 0.15) is 12.0 Å². The van der Waals surface area contributed by atoms with Gasteiger partial charge in [0, 0.05) is 38.6 Å². The Morgan fingerprint density at radius 2 is 2.11 bits per heavy atom. The van der Waals surface area contributed by atoms with Crippen molar-refractivity contribution in [2.75, 3.05) is 40.6 Å². The molecule has 0 unspecified atom stereocenters. The Bertz CT molecular complexity index is 364. The molecule has 1 rings (SSSR count). The summed E-state index contributed by atoms with van der Waals surface area (Å²) in [7, 11) is 3.41. The van der Waals surface area contributed by atoms with E-state index in [2.05, 4.69) is 10.3 Å². The number of nitrogens with zero attached hydrogens (tertiary/aromatic N) is 1. The van der Waals surface area contributed by atoms with E-state index in [0.717, 1.165) is 6.42 Å². The molecule has 0 aromatic carbocycles. The topological polar surface area (TPSA) is 52.6 Å². The standard InChI is InChI=1S/C13H21FN2O3/c1-15-10-11-4-5-16-13(12(11)14)19-9-8-18-7-3-6-17-2/h4-5,15H,3,6-10H2,1-2H3.